The molecule has 0 radical (unpaired) electrons. The smallest absolute Gasteiger partial charge is 0.273 e. The van der Waals surface area contributed by atoms with Gasteiger partial charge in [0.05, 0.1) is 25.0 Å². The summed E-state index contributed by atoms with van der Waals surface area (Å²) in [6.07, 6.45) is 5.32. The summed E-state index contributed by atoms with van der Waals surface area (Å²) < 4.78 is 5.33. The molecule has 132 valence electrons. The van der Waals surface area contributed by atoms with Crippen molar-refractivity contribution in [3.05, 3.63) is 66.2 Å². The molecule has 6 nitrogen and oxygen atoms in total. The van der Waals surface area contributed by atoms with Crippen molar-refractivity contribution in [2.45, 2.75) is 18.9 Å². The van der Waals surface area contributed by atoms with Crippen molar-refractivity contribution in [1.29, 1.82) is 0 Å². The Labute approximate surface area is 151 Å². The number of nitrogens with zero attached hydrogens (tertiary/aromatic N) is 3. The second-order valence-electron chi connectivity index (χ2n) is 6.30. The van der Waals surface area contributed by atoms with E-state index in [4.69, 9.17) is 4.74 Å². The van der Waals surface area contributed by atoms with Crippen molar-refractivity contribution >= 4 is 5.91 Å². The number of pyridine rings is 1. The van der Waals surface area contributed by atoms with Crippen LogP contribution in [0.5, 0.6) is 5.75 Å². The van der Waals surface area contributed by atoms with E-state index < -0.39 is 0 Å². The first kappa shape index (κ1) is 16.3. The summed E-state index contributed by atoms with van der Waals surface area (Å²) in [5.41, 5.74) is 3.45. The first-order valence-electron chi connectivity index (χ1n) is 8.67. The summed E-state index contributed by atoms with van der Waals surface area (Å²) in [6, 6.07) is 13.2. The second kappa shape index (κ2) is 7.00. The largest absolute Gasteiger partial charge is 0.497 e. The van der Waals surface area contributed by atoms with Crippen LogP contribution in [0.2, 0.25) is 0 Å². The zero-order valence-corrected chi connectivity index (χ0v) is 14.6. The van der Waals surface area contributed by atoms with Gasteiger partial charge in [-0.2, -0.15) is 5.10 Å². The highest BCUT2D eigenvalue weighted by Crippen LogP contribution is 2.37. The van der Waals surface area contributed by atoms with Crippen molar-refractivity contribution in [3.63, 3.8) is 0 Å². The summed E-state index contributed by atoms with van der Waals surface area (Å²) in [4.78, 5) is 19.0. The van der Waals surface area contributed by atoms with Crippen molar-refractivity contribution in [2.24, 2.45) is 0 Å². The van der Waals surface area contributed by atoms with E-state index in [2.05, 4.69) is 15.2 Å². The van der Waals surface area contributed by atoms with E-state index in [1.54, 1.807) is 19.4 Å². The van der Waals surface area contributed by atoms with Crippen molar-refractivity contribution in [2.75, 3.05) is 13.7 Å². The topological polar surface area (TPSA) is 71.1 Å². The summed E-state index contributed by atoms with van der Waals surface area (Å²) in [6.45, 7) is 0.719. The van der Waals surface area contributed by atoms with Crippen LogP contribution in [0.3, 0.4) is 0 Å². The quantitative estimate of drug-likeness (QED) is 0.784. The van der Waals surface area contributed by atoms with Crippen LogP contribution in [0.15, 0.2) is 54.9 Å². The number of rotatable bonds is 4. The molecule has 1 aromatic carbocycles. The van der Waals surface area contributed by atoms with Gasteiger partial charge in [0.2, 0.25) is 0 Å². The lowest BCUT2D eigenvalue weighted by molar-refractivity contribution is 0.0727. The molecule has 1 unspecified atom stereocenters. The van der Waals surface area contributed by atoms with Crippen LogP contribution in [-0.4, -0.2) is 39.6 Å². The second-order valence-corrected chi connectivity index (χ2v) is 6.30. The van der Waals surface area contributed by atoms with Gasteiger partial charge in [-0.05, 0) is 42.7 Å². The molecule has 6 heteroatoms. The monoisotopic (exact) mass is 348 g/mol. The number of amides is 1. The standard InChI is InChI=1S/C20H20N4O2/c1-26-15-7-4-6-14(12-15)16-13-22-23-19(16)18-9-5-11-24(18)20(25)17-8-2-3-10-21-17/h2-4,6-8,10,12-13,18H,5,9,11H2,1H3,(H,22,23). The fourth-order valence-corrected chi connectivity index (χ4v) is 3.52. The number of ether oxygens (including phenoxy) is 1. The van der Waals surface area contributed by atoms with Crippen LogP contribution in [0.25, 0.3) is 11.1 Å². The number of aromatic amines is 1. The van der Waals surface area contributed by atoms with E-state index in [9.17, 15) is 4.79 Å². The molecule has 1 amide bonds. The fourth-order valence-electron chi connectivity index (χ4n) is 3.52. The lowest BCUT2D eigenvalue weighted by atomic mass is 10.0. The SMILES string of the molecule is COc1cccc(-c2cn[nH]c2C2CCCN2C(=O)c2ccccn2)c1. The van der Waals surface area contributed by atoms with Gasteiger partial charge in [-0.25, -0.2) is 0 Å². The zero-order chi connectivity index (χ0) is 17.9. The van der Waals surface area contributed by atoms with Crippen molar-refractivity contribution < 1.29 is 9.53 Å². The molecule has 1 aliphatic rings. The van der Waals surface area contributed by atoms with Gasteiger partial charge in [-0.15, -0.1) is 0 Å². The first-order valence-corrected chi connectivity index (χ1v) is 8.67. The Morgan fingerprint density at radius 1 is 1.27 bits per heavy atom. The van der Waals surface area contributed by atoms with Gasteiger partial charge in [0.25, 0.3) is 5.91 Å². The molecular weight excluding hydrogens is 328 g/mol. The number of nitrogens with one attached hydrogen (secondary N) is 1. The summed E-state index contributed by atoms with van der Waals surface area (Å²) >= 11 is 0. The van der Waals surface area contributed by atoms with Gasteiger partial charge >= 0.3 is 0 Å². The molecule has 1 N–H and O–H groups in total. The van der Waals surface area contributed by atoms with Crippen LogP contribution in [0, 0.1) is 0 Å². The Morgan fingerprint density at radius 2 is 2.19 bits per heavy atom. The molecule has 0 saturated carbocycles. The van der Waals surface area contributed by atoms with E-state index >= 15 is 0 Å². The average Bonchev–Trinajstić information content (AvgIpc) is 3.37. The van der Waals surface area contributed by atoms with Gasteiger partial charge in [-0.3, -0.25) is 14.9 Å². The third-order valence-corrected chi connectivity index (χ3v) is 4.78. The maximum Gasteiger partial charge on any atom is 0.273 e. The van der Waals surface area contributed by atoms with Gasteiger partial charge in [0.1, 0.15) is 11.4 Å². The highest BCUT2D eigenvalue weighted by molar-refractivity contribution is 5.92. The molecule has 0 spiro atoms. The molecule has 1 aliphatic heterocycles. The molecule has 1 fully saturated rings. The number of carbonyl (C=O) groups is 1. The van der Waals surface area contributed by atoms with Crippen molar-refractivity contribution in [3.8, 4) is 16.9 Å². The Bertz CT molecular complexity index is 907. The van der Waals surface area contributed by atoms with Crippen molar-refractivity contribution in [1.82, 2.24) is 20.1 Å². The minimum absolute atomic E-state index is 0.0341. The zero-order valence-electron chi connectivity index (χ0n) is 14.6. The van der Waals surface area contributed by atoms with E-state index in [-0.39, 0.29) is 11.9 Å². The Morgan fingerprint density at radius 3 is 3.00 bits per heavy atom. The highest BCUT2D eigenvalue weighted by Gasteiger charge is 2.33. The molecule has 0 aliphatic carbocycles. The van der Waals surface area contributed by atoms with E-state index in [1.807, 2.05) is 47.5 Å². The number of methoxy groups -OCH3 is 1. The number of H-pyrrole nitrogens is 1. The predicted octanol–water partition coefficient (Wildman–Crippen LogP) is 3.46. The maximum absolute atomic E-state index is 12.9. The van der Waals surface area contributed by atoms with E-state index in [0.29, 0.717) is 5.69 Å². The predicted molar refractivity (Wildman–Crippen MR) is 97.8 cm³/mol. The van der Waals surface area contributed by atoms with Gasteiger partial charge < -0.3 is 9.64 Å². The van der Waals surface area contributed by atoms with Crippen LogP contribution >= 0.6 is 0 Å². The number of carbonyl (C=O) groups excluding carboxylic acids is 1. The molecule has 1 saturated heterocycles. The molecule has 4 rings (SSSR count). The van der Waals surface area contributed by atoms with E-state index in [1.165, 1.54) is 0 Å². The lowest BCUT2D eigenvalue weighted by Crippen LogP contribution is -2.31. The number of benzene rings is 1. The molecular formula is C20H20N4O2. The molecule has 26 heavy (non-hydrogen) atoms. The van der Waals surface area contributed by atoms with Crippen LogP contribution in [0.4, 0.5) is 0 Å². The van der Waals surface area contributed by atoms with E-state index in [0.717, 1.165) is 42.0 Å². The highest BCUT2D eigenvalue weighted by atomic mass is 16.5. The maximum atomic E-state index is 12.9. The molecule has 3 heterocycles. The normalized spacial score (nSPS) is 16.7. The third-order valence-electron chi connectivity index (χ3n) is 4.78. The van der Waals surface area contributed by atoms with Crippen LogP contribution in [0.1, 0.15) is 35.1 Å². The number of hydrogen-bond acceptors (Lipinski definition) is 4. The molecule has 0 bridgehead atoms. The average molecular weight is 348 g/mol. The Kier molecular flexibility index (Phi) is 4.39. The molecule has 3 aromatic rings. The Hall–Kier alpha value is -3.15. The van der Waals surface area contributed by atoms with Gasteiger partial charge in [0, 0.05) is 18.3 Å². The minimum Gasteiger partial charge on any atom is -0.497 e. The first-order chi connectivity index (χ1) is 12.8. The fraction of sp³-hybridized carbons (Fsp3) is 0.250. The summed E-state index contributed by atoms with van der Waals surface area (Å²) in [5.74, 6) is 0.752. The van der Waals surface area contributed by atoms with Gasteiger partial charge in [0.15, 0.2) is 0 Å². The van der Waals surface area contributed by atoms with Gasteiger partial charge in [-0.1, -0.05) is 18.2 Å². The summed E-state index contributed by atoms with van der Waals surface area (Å²) in [5, 5.41) is 7.36. The molecule has 1 atom stereocenters. The minimum atomic E-state index is -0.0423. The third kappa shape index (κ3) is 2.94. The summed E-state index contributed by atoms with van der Waals surface area (Å²) in [7, 11) is 1.65. The number of aromatic nitrogens is 3. The molecule has 2 aromatic heterocycles. The number of likely N-dealkylation sites (tertiary alicyclic amines) is 1. The van der Waals surface area contributed by atoms with Crippen LogP contribution in [-0.2, 0) is 0 Å². The number of hydrogen-bond donors (Lipinski definition) is 1. The van der Waals surface area contributed by atoms with Crippen LogP contribution < -0.4 is 4.74 Å². The Balaban J connectivity index is 1.67. The lowest BCUT2D eigenvalue weighted by Gasteiger charge is -2.24.